The number of benzene rings is 2. The van der Waals surface area contributed by atoms with Crippen LogP contribution in [0.25, 0.3) is 11.0 Å². The van der Waals surface area contributed by atoms with E-state index in [-0.39, 0.29) is 36.7 Å². The van der Waals surface area contributed by atoms with E-state index in [1.54, 1.807) is 24.8 Å². The van der Waals surface area contributed by atoms with Crippen molar-refractivity contribution < 1.29 is 19.1 Å². The molecule has 0 aliphatic rings. The van der Waals surface area contributed by atoms with Gasteiger partial charge in [0.2, 0.25) is 5.52 Å². The molecule has 1 N–H and O–H groups in total. The molecule has 158 valence electrons. The molecule has 0 saturated heterocycles. The minimum atomic E-state index is -0.517. The Kier molecular flexibility index (Phi) is 7.61. The normalized spacial score (nSPS) is 10.8. The molecule has 3 aromatic rings. The van der Waals surface area contributed by atoms with Crippen LogP contribution in [0, 0.1) is 10.1 Å². The number of rotatable bonds is 11. The molecule has 0 radical (unpaired) electrons. The zero-order valence-corrected chi connectivity index (χ0v) is 17.3. The number of nitrogens with one attached hydrogen (secondary N) is 1. The summed E-state index contributed by atoms with van der Waals surface area (Å²) in [5.41, 5.74) is 1.82. The molecule has 0 saturated carbocycles. The largest absolute Gasteiger partial charge is 0.464 e. The van der Waals surface area contributed by atoms with Crippen LogP contribution < -0.4 is 5.32 Å². The molecular formula is C20H22N4O5S. The van der Waals surface area contributed by atoms with Crippen LogP contribution >= 0.6 is 11.8 Å². The van der Waals surface area contributed by atoms with Crippen LogP contribution in [0.15, 0.2) is 45.9 Å². The second kappa shape index (κ2) is 10.6. The Bertz CT molecular complexity index is 1010. The summed E-state index contributed by atoms with van der Waals surface area (Å²) in [6.07, 6.45) is 2.16. The lowest BCUT2D eigenvalue weighted by Crippen LogP contribution is -2.14. The molecule has 9 nitrogen and oxygen atoms in total. The van der Waals surface area contributed by atoms with Gasteiger partial charge in [-0.1, -0.05) is 37.3 Å². The first-order valence-electron chi connectivity index (χ1n) is 9.60. The summed E-state index contributed by atoms with van der Waals surface area (Å²) < 4.78 is 9.80. The number of nitro benzene ring substituents is 1. The van der Waals surface area contributed by atoms with E-state index in [9.17, 15) is 14.9 Å². The van der Waals surface area contributed by atoms with Gasteiger partial charge in [0, 0.05) is 17.9 Å². The van der Waals surface area contributed by atoms with Crippen LogP contribution in [0.1, 0.15) is 25.3 Å². The SMILES string of the molecule is CCC(=O)OCCNc1cc(SCCCc2ccccc2)c2nonc2c1[N+](=O)[O-]. The molecule has 1 aromatic heterocycles. The molecule has 30 heavy (non-hydrogen) atoms. The molecule has 0 amide bonds. The van der Waals surface area contributed by atoms with Gasteiger partial charge in [0.15, 0.2) is 5.52 Å². The Labute approximate surface area is 177 Å². The van der Waals surface area contributed by atoms with E-state index >= 15 is 0 Å². The highest BCUT2D eigenvalue weighted by Gasteiger charge is 2.25. The van der Waals surface area contributed by atoms with E-state index in [4.69, 9.17) is 9.37 Å². The van der Waals surface area contributed by atoms with E-state index in [1.807, 2.05) is 18.2 Å². The molecule has 1 heterocycles. The predicted octanol–water partition coefficient (Wildman–Crippen LogP) is 4.22. The average molecular weight is 430 g/mol. The van der Waals surface area contributed by atoms with Crippen molar-refractivity contribution in [2.24, 2.45) is 0 Å². The zero-order valence-electron chi connectivity index (χ0n) is 16.5. The van der Waals surface area contributed by atoms with Crippen molar-refractivity contribution in [3.05, 3.63) is 52.1 Å². The van der Waals surface area contributed by atoms with E-state index in [0.717, 1.165) is 23.5 Å². The van der Waals surface area contributed by atoms with Crippen molar-refractivity contribution in [3.63, 3.8) is 0 Å². The quantitative estimate of drug-likeness (QED) is 0.157. The van der Waals surface area contributed by atoms with Crippen molar-refractivity contribution in [1.82, 2.24) is 10.3 Å². The van der Waals surface area contributed by atoms with Crippen molar-refractivity contribution in [2.75, 3.05) is 24.2 Å². The molecular weight excluding hydrogens is 408 g/mol. The van der Waals surface area contributed by atoms with Crippen molar-refractivity contribution in [1.29, 1.82) is 0 Å². The van der Waals surface area contributed by atoms with E-state index < -0.39 is 4.92 Å². The van der Waals surface area contributed by atoms with Crippen molar-refractivity contribution in [3.8, 4) is 0 Å². The highest BCUT2D eigenvalue weighted by Crippen LogP contribution is 2.38. The number of nitro groups is 1. The number of hydrogen-bond acceptors (Lipinski definition) is 9. The zero-order chi connectivity index (χ0) is 21.3. The van der Waals surface area contributed by atoms with E-state index in [0.29, 0.717) is 11.2 Å². The molecule has 0 unspecified atom stereocenters. The Balaban J connectivity index is 1.71. The van der Waals surface area contributed by atoms with Crippen LogP contribution in [0.2, 0.25) is 0 Å². The lowest BCUT2D eigenvalue weighted by atomic mass is 10.1. The predicted molar refractivity (Wildman–Crippen MR) is 114 cm³/mol. The van der Waals surface area contributed by atoms with Gasteiger partial charge in [0.1, 0.15) is 12.3 Å². The number of thioether (sulfide) groups is 1. The van der Waals surface area contributed by atoms with E-state index in [2.05, 4.69) is 27.8 Å². The summed E-state index contributed by atoms with van der Waals surface area (Å²) in [6, 6.07) is 11.9. The molecule has 2 aromatic carbocycles. The fourth-order valence-corrected chi connectivity index (χ4v) is 3.87. The topological polar surface area (TPSA) is 120 Å². The van der Waals surface area contributed by atoms with Gasteiger partial charge < -0.3 is 10.1 Å². The number of carbonyl (C=O) groups is 1. The number of aryl methyl sites for hydroxylation is 1. The van der Waals surface area contributed by atoms with Gasteiger partial charge in [-0.25, -0.2) is 4.63 Å². The first kappa shape index (κ1) is 21.6. The van der Waals surface area contributed by atoms with Gasteiger partial charge in [-0.05, 0) is 40.5 Å². The lowest BCUT2D eigenvalue weighted by Gasteiger charge is -2.10. The molecule has 3 rings (SSSR count). The van der Waals surface area contributed by atoms with Gasteiger partial charge in [-0.15, -0.1) is 11.8 Å². The van der Waals surface area contributed by atoms with Crippen LogP contribution in [-0.2, 0) is 16.0 Å². The molecule has 10 heteroatoms. The average Bonchev–Trinajstić information content (AvgIpc) is 3.24. The standard InChI is InChI=1S/C20H22N4O5S/c1-2-17(25)28-11-10-21-15-13-16(18-19(23-29-22-18)20(15)24(26)27)30-12-6-9-14-7-4-3-5-8-14/h3-5,7-8,13,21H,2,6,9-12H2,1H3. The van der Waals surface area contributed by atoms with Crippen LogP contribution in [0.4, 0.5) is 11.4 Å². The Morgan fingerprint density at radius 2 is 2.03 bits per heavy atom. The molecule has 0 aliphatic carbocycles. The first-order valence-corrected chi connectivity index (χ1v) is 10.6. The number of hydrogen-bond donors (Lipinski definition) is 1. The fraction of sp³-hybridized carbons (Fsp3) is 0.350. The van der Waals surface area contributed by atoms with E-state index in [1.165, 1.54) is 5.56 Å². The summed E-state index contributed by atoms with van der Waals surface area (Å²) in [7, 11) is 0. The summed E-state index contributed by atoms with van der Waals surface area (Å²) in [5.74, 6) is 0.486. The second-order valence-electron chi connectivity index (χ2n) is 6.43. The third-order valence-electron chi connectivity index (χ3n) is 4.34. The number of anilines is 1. The number of aromatic nitrogens is 2. The second-order valence-corrected chi connectivity index (χ2v) is 7.56. The summed E-state index contributed by atoms with van der Waals surface area (Å²) in [5, 5.41) is 22.2. The molecule has 0 aliphatic heterocycles. The fourth-order valence-electron chi connectivity index (χ4n) is 2.89. The van der Waals surface area contributed by atoms with Crippen LogP contribution in [-0.4, -0.2) is 40.1 Å². The lowest BCUT2D eigenvalue weighted by molar-refractivity contribution is -0.382. The monoisotopic (exact) mass is 430 g/mol. The highest BCUT2D eigenvalue weighted by atomic mass is 32.2. The number of nitrogens with zero attached hydrogens (tertiary/aromatic N) is 3. The minimum absolute atomic E-state index is 0.0983. The van der Waals surface area contributed by atoms with Crippen molar-refractivity contribution >= 4 is 40.1 Å². The summed E-state index contributed by atoms with van der Waals surface area (Å²) in [6.45, 7) is 2.05. The maximum Gasteiger partial charge on any atom is 0.323 e. The van der Waals surface area contributed by atoms with Gasteiger partial charge in [-0.2, -0.15) is 0 Å². The smallest absolute Gasteiger partial charge is 0.323 e. The van der Waals surface area contributed by atoms with Gasteiger partial charge in [-0.3, -0.25) is 14.9 Å². The third kappa shape index (κ3) is 5.47. The van der Waals surface area contributed by atoms with Crippen LogP contribution in [0.5, 0.6) is 0 Å². The Morgan fingerprint density at radius 3 is 2.77 bits per heavy atom. The molecule has 0 spiro atoms. The Hall–Kier alpha value is -3.14. The maximum atomic E-state index is 11.6. The number of carbonyl (C=O) groups excluding carboxylic acids is 1. The molecule has 0 bridgehead atoms. The number of ether oxygens (including phenoxy) is 1. The van der Waals surface area contributed by atoms with Gasteiger partial charge in [0.05, 0.1) is 4.92 Å². The first-order chi connectivity index (χ1) is 14.6. The highest BCUT2D eigenvalue weighted by molar-refractivity contribution is 7.99. The number of fused-ring (bicyclic) bond motifs is 1. The van der Waals surface area contributed by atoms with Gasteiger partial charge in [0.25, 0.3) is 0 Å². The molecule has 0 atom stereocenters. The minimum Gasteiger partial charge on any atom is -0.464 e. The third-order valence-corrected chi connectivity index (χ3v) is 5.45. The van der Waals surface area contributed by atoms with Crippen molar-refractivity contribution in [2.45, 2.75) is 31.1 Å². The van der Waals surface area contributed by atoms with Crippen LogP contribution in [0.3, 0.4) is 0 Å². The number of esters is 1. The summed E-state index contributed by atoms with van der Waals surface area (Å²) >= 11 is 1.55. The van der Waals surface area contributed by atoms with Gasteiger partial charge >= 0.3 is 11.7 Å². The maximum absolute atomic E-state index is 11.6. The summed E-state index contributed by atoms with van der Waals surface area (Å²) in [4.78, 5) is 23.1. The Morgan fingerprint density at radius 1 is 1.27 bits per heavy atom. The molecule has 0 fully saturated rings.